The molecule has 0 radical (unpaired) electrons. The maximum atomic E-state index is 11.0. The van der Waals surface area contributed by atoms with Gasteiger partial charge < -0.3 is 5.73 Å². The Labute approximate surface area is 92.1 Å². The van der Waals surface area contributed by atoms with Crippen LogP contribution >= 0.6 is 0 Å². The molecule has 0 unspecified atom stereocenters. The smallest absolute Gasteiger partial charge is 0.302 e. The summed E-state index contributed by atoms with van der Waals surface area (Å²) < 4.78 is 0. The van der Waals surface area contributed by atoms with Crippen molar-refractivity contribution >= 4 is 23.4 Å². The highest BCUT2D eigenvalue weighted by atomic mass is 16.2. The summed E-state index contributed by atoms with van der Waals surface area (Å²) in [4.78, 5) is 43.3. The summed E-state index contributed by atoms with van der Waals surface area (Å²) in [6.07, 6.45) is 0. The van der Waals surface area contributed by atoms with E-state index in [0.29, 0.717) is 0 Å². The van der Waals surface area contributed by atoms with Gasteiger partial charge >= 0.3 is 11.8 Å². The second-order valence-corrected chi connectivity index (χ2v) is 2.93. The normalized spacial score (nSPS) is 9.75. The molecule has 0 atom stereocenters. The van der Waals surface area contributed by atoms with Gasteiger partial charge in [-0.1, -0.05) is 0 Å². The van der Waals surface area contributed by atoms with Gasteiger partial charge in [0.25, 0.3) is 0 Å². The van der Waals surface area contributed by atoms with Gasteiger partial charge in [-0.15, -0.1) is 5.12 Å². The summed E-state index contributed by atoms with van der Waals surface area (Å²) >= 11 is 0. The zero-order valence-electron chi connectivity index (χ0n) is 9.07. The lowest BCUT2D eigenvalue weighted by Gasteiger charge is -2.21. The zero-order valence-corrected chi connectivity index (χ0v) is 9.07. The third kappa shape index (κ3) is 5.17. The quantitative estimate of drug-likeness (QED) is 0.342. The molecule has 0 aliphatic rings. The van der Waals surface area contributed by atoms with Gasteiger partial charge in [-0.2, -0.15) is 0 Å². The van der Waals surface area contributed by atoms with Crippen LogP contribution in [0.25, 0.3) is 0 Å². The lowest BCUT2D eigenvalue weighted by Crippen LogP contribution is -2.56. The van der Waals surface area contributed by atoms with Crippen molar-refractivity contribution in [2.75, 3.05) is 13.1 Å². The first-order valence-corrected chi connectivity index (χ1v) is 4.49. The molecule has 4 N–H and O–H groups in total. The minimum Gasteiger partial charge on any atom is -0.329 e. The van der Waals surface area contributed by atoms with Crippen molar-refractivity contribution in [3.05, 3.63) is 0 Å². The van der Waals surface area contributed by atoms with E-state index in [1.807, 2.05) is 0 Å². The van der Waals surface area contributed by atoms with Crippen LogP contribution in [0.2, 0.25) is 0 Å². The molecule has 2 amide bonds. The summed E-state index contributed by atoms with van der Waals surface area (Å²) in [5, 5.41) is 0.896. The fraction of sp³-hybridized carbons (Fsp3) is 0.500. The molecule has 0 aromatic heterocycles. The Bertz CT molecular complexity index is 287. The van der Waals surface area contributed by atoms with Crippen molar-refractivity contribution < 1.29 is 19.2 Å². The molecule has 0 saturated carbocycles. The van der Waals surface area contributed by atoms with Crippen LogP contribution in [0.5, 0.6) is 0 Å². The molecule has 90 valence electrons. The minimum atomic E-state index is -0.905. The number of rotatable bonds is 6. The van der Waals surface area contributed by atoms with Crippen molar-refractivity contribution in [1.29, 1.82) is 0 Å². The molecule has 0 aromatic rings. The number of hydrazine groups is 2. The van der Waals surface area contributed by atoms with E-state index in [2.05, 4.69) is 10.9 Å². The third-order valence-electron chi connectivity index (χ3n) is 1.47. The van der Waals surface area contributed by atoms with Crippen molar-refractivity contribution in [2.45, 2.75) is 13.8 Å². The van der Waals surface area contributed by atoms with Crippen LogP contribution in [0, 0.1) is 0 Å². The van der Waals surface area contributed by atoms with Gasteiger partial charge in [0.2, 0.25) is 11.6 Å². The first-order valence-electron chi connectivity index (χ1n) is 4.49. The second-order valence-electron chi connectivity index (χ2n) is 2.93. The van der Waals surface area contributed by atoms with Gasteiger partial charge in [-0.25, -0.2) is 0 Å². The van der Waals surface area contributed by atoms with Gasteiger partial charge in [-0.3, -0.25) is 30.0 Å². The molecule has 0 spiro atoms. The van der Waals surface area contributed by atoms with Crippen molar-refractivity contribution in [3.63, 3.8) is 0 Å². The summed E-state index contributed by atoms with van der Waals surface area (Å²) in [7, 11) is 0. The number of nitrogens with one attached hydrogen (secondary N) is 2. The molecule has 0 rings (SSSR count). The van der Waals surface area contributed by atoms with Crippen molar-refractivity contribution in [3.8, 4) is 0 Å². The van der Waals surface area contributed by atoms with Crippen LogP contribution in [0.1, 0.15) is 13.8 Å². The van der Waals surface area contributed by atoms with Gasteiger partial charge in [0, 0.05) is 20.4 Å². The van der Waals surface area contributed by atoms with Crippen LogP contribution in [-0.2, 0) is 19.2 Å². The Hall–Kier alpha value is -1.80. The molecular formula is C8H14N4O4. The predicted molar refractivity (Wildman–Crippen MR) is 53.4 cm³/mol. The second kappa shape index (κ2) is 6.64. The average Bonchev–Trinajstić information content (AvgIpc) is 2.17. The number of nitrogens with zero attached hydrogens (tertiary/aromatic N) is 1. The Morgan fingerprint density at radius 2 is 1.38 bits per heavy atom. The minimum absolute atomic E-state index is 0.0675. The average molecular weight is 230 g/mol. The Morgan fingerprint density at radius 3 is 1.62 bits per heavy atom. The highest BCUT2D eigenvalue weighted by molar-refractivity contribution is 6.36. The largest absolute Gasteiger partial charge is 0.329 e. The molecule has 16 heavy (non-hydrogen) atoms. The number of Topliss-reactive ketones (excluding diaryl/α,β-unsaturated/α-hetero) is 2. The van der Waals surface area contributed by atoms with E-state index in [9.17, 15) is 19.2 Å². The van der Waals surface area contributed by atoms with E-state index in [1.54, 1.807) is 0 Å². The van der Waals surface area contributed by atoms with Crippen LogP contribution in [0.4, 0.5) is 0 Å². The molecule has 8 heteroatoms. The molecule has 8 nitrogen and oxygen atoms in total. The number of carbonyl (C=O) groups is 4. The predicted octanol–water partition coefficient (Wildman–Crippen LogP) is -2.51. The Morgan fingerprint density at radius 1 is 1.00 bits per heavy atom. The Balaban J connectivity index is 4.38. The summed E-state index contributed by atoms with van der Waals surface area (Å²) in [5.74, 6) is -3.26. The molecule has 0 aliphatic carbocycles. The number of carbonyl (C=O) groups excluding carboxylic acids is 4. The van der Waals surface area contributed by atoms with Crippen LogP contribution < -0.4 is 16.6 Å². The number of hydrogen-bond donors (Lipinski definition) is 3. The van der Waals surface area contributed by atoms with E-state index in [-0.39, 0.29) is 13.1 Å². The number of nitrogens with two attached hydrogens (primary N) is 1. The van der Waals surface area contributed by atoms with Crippen molar-refractivity contribution in [2.24, 2.45) is 5.73 Å². The molecule has 0 bridgehead atoms. The standard InChI is InChI=1S/C8H14N4O4/c1-5(13)7(15)10-12(4-3-9)11-8(16)6(2)14/h3-4,9H2,1-2H3,(H,10,15)(H,11,16). The van der Waals surface area contributed by atoms with Gasteiger partial charge in [-0.05, 0) is 0 Å². The highest BCUT2D eigenvalue weighted by Crippen LogP contribution is 1.79. The van der Waals surface area contributed by atoms with Crippen LogP contribution in [0.15, 0.2) is 0 Å². The lowest BCUT2D eigenvalue weighted by molar-refractivity contribution is -0.145. The first-order chi connectivity index (χ1) is 7.38. The van der Waals surface area contributed by atoms with Crippen LogP contribution in [-0.4, -0.2) is 41.6 Å². The zero-order chi connectivity index (χ0) is 12.7. The molecular weight excluding hydrogens is 216 g/mol. The van der Waals surface area contributed by atoms with Gasteiger partial charge in [0.1, 0.15) is 0 Å². The molecule has 0 fully saturated rings. The topological polar surface area (TPSA) is 122 Å². The van der Waals surface area contributed by atoms with Gasteiger partial charge in [0.05, 0.1) is 6.54 Å². The van der Waals surface area contributed by atoms with E-state index in [4.69, 9.17) is 5.73 Å². The maximum Gasteiger partial charge on any atom is 0.302 e. The van der Waals surface area contributed by atoms with Crippen LogP contribution in [0.3, 0.4) is 0 Å². The van der Waals surface area contributed by atoms with E-state index < -0.39 is 23.4 Å². The summed E-state index contributed by atoms with van der Waals surface area (Å²) in [6.45, 7) is 2.33. The van der Waals surface area contributed by atoms with E-state index >= 15 is 0 Å². The Kier molecular flexibility index (Phi) is 5.89. The molecule has 0 saturated heterocycles. The fourth-order valence-corrected chi connectivity index (χ4v) is 0.671. The molecule has 0 aliphatic heterocycles. The summed E-state index contributed by atoms with van der Waals surface area (Å²) in [6, 6.07) is 0. The van der Waals surface area contributed by atoms with E-state index in [0.717, 1.165) is 19.0 Å². The van der Waals surface area contributed by atoms with Crippen molar-refractivity contribution in [1.82, 2.24) is 16.0 Å². The third-order valence-corrected chi connectivity index (χ3v) is 1.47. The van der Waals surface area contributed by atoms with Gasteiger partial charge in [0.15, 0.2) is 0 Å². The monoisotopic (exact) mass is 230 g/mol. The first kappa shape index (κ1) is 14.2. The SMILES string of the molecule is CC(=O)C(=O)NN(CCN)NC(=O)C(C)=O. The number of hydrogen-bond acceptors (Lipinski definition) is 6. The molecule has 0 heterocycles. The summed E-state index contributed by atoms with van der Waals surface area (Å²) in [5.41, 5.74) is 9.39. The highest BCUT2D eigenvalue weighted by Gasteiger charge is 2.16. The number of ketones is 2. The molecule has 0 aromatic carbocycles. The maximum absolute atomic E-state index is 11.0. The fourth-order valence-electron chi connectivity index (χ4n) is 0.671. The van der Waals surface area contributed by atoms with E-state index in [1.165, 1.54) is 0 Å². The number of amides is 2. The lowest BCUT2D eigenvalue weighted by atomic mass is 10.4.